The van der Waals surface area contributed by atoms with Crippen LogP contribution < -0.4 is 5.32 Å². The maximum atomic E-state index is 13.6. The lowest BCUT2D eigenvalue weighted by Crippen LogP contribution is -2.17. The highest BCUT2D eigenvalue weighted by Gasteiger charge is 2.22. The van der Waals surface area contributed by atoms with Crippen molar-refractivity contribution in [1.82, 2.24) is 19.5 Å². The predicted octanol–water partition coefficient (Wildman–Crippen LogP) is 5.74. The summed E-state index contributed by atoms with van der Waals surface area (Å²) in [6, 6.07) is 14.6. The van der Waals surface area contributed by atoms with Crippen molar-refractivity contribution in [3.8, 4) is 11.1 Å². The van der Waals surface area contributed by atoms with Crippen molar-refractivity contribution in [3.63, 3.8) is 0 Å². The fraction of sp³-hybridized carbons (Fsp3) is 0.125. The number of fused-ring (bicyclic) bond motifs is 1. The van der Waals surface area contributed by atoms with E-state index < -0.39 is 0 Å². The van der Waals surface area contributed by atoms with E-state index in [4.69, 9.17) is 0 Å². The Morgan fingerprint density at radius 1 is 1.00 bits per heavy atom. The highest BCUT2D eigenvalue weighted by molar-refractivity contribution is 7.17. The zero-order valence-corrected chi connectivity index (χ0v) is 17.9. The van der Waals surface area contributed by atoms with E-state index in [1.807, 2.05) is 17.8 Å². The molecule has 0 spiro atoms. The monoisotopic (exact) mass is 429 g/mol. The molecule has 31 heavy (non-hydrogen) atoms. The quantitative estimate of drug-likeness (QED) is 0.387. The Bertz CT molecular complexity index is 1340. The van der Waals surface area contributed by atoms with Gasteiger partial charge >= 0.3 is 0 Å². The Morgan fingerprint density at radius 2 is 1.77 bits per heavy atom. The van der Waals surface area contributed by atoms with E-state index in [0.717, 1.165) is 38.5 Å². The smallest absolute Gasteiger partial charge is 0.139 e. The summed E-state index contributed by atoms with van der Waals surface area (Å²) in [5.41, 5.74) is 4.31. The Labute approximate surface area is 183 Å². The van der Waals surface area contributed by atoms with Gasteiger partial charge in [-0.2, -0.15) is 0 Å². The zero-order valence-electron chi connectivity index (χ0n) is 17.1. The number of nitrogens with one attached hydrogen (secondary N) is 1. The zero-order chi connectivity index (χ0) is 21.4. The molecule has 0 aliphatic rings. The highest BCUT2D eigenvalue weighted by atomic mass is 32.1. The van der Waals surface area contributed by atoms with E-state index >= 15 is 0 Å². The van der Waals surface area contributed by atoms with Crippen LogP contribution in [-0.2, 0) is 7.05 Å². The number of imidazole rings is 1. The number of halogens is 1. The minimum absolute atomic E-state index is 0.272. The molecule has 3 aromatic heterocycles. The van der Waals surface area contributed by atoms with Gasteiger partial charge in [-0.05, 0) is 30.2 Å². The number of aryl methyl sites for hydroxylation is 2. The molecule has 0 amide bonds. The molecule has 1 N–H and O–H groups in total. The second kappa shape index (κ2) is 7.92. The summed E-state index contributed by atoms with van der Waals surface area (Å²) in [6.45, 7) is 2.08. The first-order chi connectivity index (χ1) is 15.1. The summed E-state index contributed by atoms with van der Waals surface area (Å²) in [5.74, 6) is 1.26. The van der Waals surface area contributed by atoms with Crippen molar-refractivity contribution in [1.29, 1.82) is 0 Å². The van der Waals surface area contributed by atoms with Gasteiger partial charge in [-0.3, -0.25) is 0 Å². The van der Waals surface area contributed by atoms with Crippen LogP contribution in [0, 0.1) is 12.7 Å². The van der Waals surface area contributed by atoms with Crippen molar-refractivity contribution in [2.45, 2.75) is 13.0 Å². The number of benzene rings is 2. The van der Waals surface area contributed by atoms with Gasteiger partial charge in [-0.1, -0.05) is 42.0 Å². The molecule has 5 aromatic rings. The van der Waals surface area contributed by atoms with E-state index in [0.29, 0.717) is 0 Å². The minimum atomic E-state index is -0.301. The van der Waals surface area contributed by atoms with Gasteiger partial charge in [0.1, 0.15) is 34.7 Å². The van der Waals surface area contributed by atoms with Crippen molar-refractivity contribution >= 4 is 27.4 Å². The molecule has 5 rings (SSSR count). The SMILES string of the molecule is Cc1ccc(-c2csc3ncnc(N[C@@H](c4ccc(F)cc4)c4nccn4C)c23)cc1. The third-order valence-corrected chi connectivity index (χ3v) is 6.22. The first-order valence-corrected chi connectivity index (χ1v) is 10.8. The summed E-state index contributed by atoms with van der Waals surface area (Å²) < 4.78 is 15.5. The van der Waals surface area contributed by atoms with Crippen LogP contribution in [0.1, 0.15) is 23.0 Å². The van der Waals surface area contributed by atoms with Crippen molar-refractivity contribution < 1.29 is 4.39 Å². The van der Waals surface area contributed by atoms with Gasteiger partial charge in [0, 0.05) is 30.4 Å². The van der Waals surface area contributed by atoms with E-state index in [-0.39, 0.29) is 11.9 Å². The second-order valence-corrected chi connectivity index (χ2v) is 8.30. The number of hydrogen-bond donors (Lipinski definition) is 1. The average Bonchev–Trinajstić information content (AvgIpc) is 3.40. The summed E-state index contributed by atoms with van der Waals surface area (Å²) in [5, 5.41) is 6.64. The fourth-order valence-electron chi connectivity index (χ4n) is 3.67. The van der Waals surface area contributed by atoms with E-state index in [2.05, 4.69) is 56.8 Å². The molecular weight excluding hydrogens is 409 g/mol. The van der Waals surface area contributed by atoms with Crippen LogP contribution in [-0.4, -0.2) is 19.5 Å². The summed E-state index contributed by atoms with van der Waals surface area (Å²) >= 11 is 1.59. The molecule has 0 radical (unpaired) electrons. The van der Waals surface area contributed by atoms with Crippen LogP contribution in [0.5, 0.6) is 0 Å². The molecule has 7 heteroatoms. The molecule has 0 unspecified atom stereocenters. The normalized spacial score (nSPS) is 12.2. The standard InChI is InChI=1S/C24H20FN5S/c1-15-3-5-16(6-4-15)19-13-31-24-20(19)22(27-14-28-24)29-21(23-26-11-12-30(23)2)17-7-9-18(25)10-8-17/h3-14,21H,1-2H3,(H,27,28,29)/t21-/m0/s1. The highest BCUT2D eigenvalue weighted by Crippen LogP contribution is 2.38. The molecule has 0 fully saturated rings. The first-order valence-electron chi connectivity index (χ1n) is 9.88. The molecule has 2 aromatic carbocycles. The van der Waals surface area contributed by atoms with Gasteiger partial charge in [0.05, 0.1) is 5.39 Å². The van der Waals surface area contributed by atoms with Crippen LogP contribution in [0.3, 0.4) is 0 Å². The fourth-order valence-corrected chi connectivity index (χ4v) is 4.59. The Kier molecular flexibility index (Phi) is 4.95. The Morgan fingerprint density at radius 3 is 2.48 bits per heavy atom. The molecule has 5 nitrogen and oxygen atoms in total. The van der Waals surface area contributed by atoms with Crippen LogP contribution >= 0.6 is 11.3 Å². The Balaban J connectivity index is 1.63. The van der Waals surface area contributed by atoms with Gasteiger partial charge in [-0.15, -0.1) is 11.3 Å². The van der Waals surface area contributed by atoms with Crippen molar-refractivity contribution in [2.75, 3.05) is 5.32 Å². The number of thiophene rings is 1. The Hall–Kier alpha value is -3.58. The minimum Gasteiger partial charge on any atom is -0.356 e. The number of rotatable bonds is 5. The van der Waals surface area contributed by atoms with E-state index in [1.54, 1.807) is 36.0 Å². The van der Waals surface area contributed by atoms with E-state index in [1.165, 1.54) is 17.7 Å². The molecule has 0 aliphatic carbocycles. The largest absolute Gasteiger partial charge is 0.356 e. The number of anilines is 1. The molecular formula is C24H20FN5S. The molecule has 0 aliphatic heterocycles. The van der Waals surface area contributed by atoms with Gasteiger partial charge in [0.2, 0.25) is 0 Å². The second-order valence-electron chi connectivity index (χ2n) is 7.44. The van der Waals surface area contributed by atoms with Gasteiger partial charge < -0.3 is 9.88 Å². The van der Waals surface area contributed by atoms with Crippen LogP contribution in [0.2, 0.25) is 0 Å². The van der Waals surface area contributed by atoms with Crippen LogP contribution in [0.4, 0.5) is 10.2 Å². The maximum absolute atomic E-state index is 13.6. The van der Waals surface area contributed by atoms with Gasteiger partial charge in [-0.25, -0.2) is 19.3 Å². The topological polar surface area (TPSA) is 55.6 Å². The third-order valence-electron chi connectivity index (χ3n) is 5.33. The molecule has 0 bridgehead atoms. The summed E-state index contributed by atoms with van der Waals surface area (Å²) in [6.07, 6.45) is 5.22. The lowest BCUT2D eigenvalue weighted by Gasteiger charge is -2.20. The summed E-state index contributed by atoms with van der Waals surface area (Å²) in [7, 11) is 1.94. The summed E-state index contributed by atoms with van der Waals surface area (Å²) in [4.78, 5) is 14.5. The maximum Gasteiger partial charge on any atom is 0.139 e. The average molecular weight is 430 g/mol. The van der Waals surface area contributed by atoms with Gasteiger partial charge in [0.25, 0.3) is 0 Å². The van der Waals surface area contributed by atoms with Crippen molar-refractivity contribution in [2.24, 2.45) is 7.05 Å². The molecule has 1 atom stereocenters. The molecule has 3 heterocycles. The van der Waals surface area contributed by atoms with Crippen LogP contribution in [0.15, 0.2) is 72.6 Å². The van der Waals surface area contributed by atoms with Crippen molar-refractivity contribution in [3.05, 3.63) is 95.4 Å². The third kappa shape index (κ3) is 3.68. The lowest BCUT2D eigenvalue weighted by atomic mass is 10.0. The molecule has 0 saturated heterocycles. The number of nitrogens with zero attached hydrogens (tertiary/aromatic N) is 4. The van der Waals surface area contributed by atoms with Gasteiger partial charge in [0.15, 0.2) is 0 Å². The molecule has 154 valence electrons. The molecule has 0 saturated carbocycles. The first kappa shape index (κ1) is 19.4. The van der Waals surface area contributed by atoms with Crippen LogP contribution in [0.25, 0.3) is 21.3 Å². The number of hydrogen-bond acceptors (Lipinski definition) is 5. The predicted molar refractivity (Wildman–Crippen MR) is 123 cm³/mol. The number of aromatic nitrogens is 4. The van der Waals surface area contributed by atoms with E-state index in [9.17, 15) is 4.39 Å². The lowest BCUT2D eigenvalue weighted by molar-refractivity contribution is 0.626.